The number of rotatable bonds is 4. The van der Waals surface area contributed by atoms with E-state index in [0.29, 0.717) is 0 Å². The number of benzene rings is 1. The zero-order valence-corrected chi connectivity index (χ0v) is 22.1. The lowest BCUT2D eigenvalue weighted by Crippen LogP contribution is -2.00. The molecule has 1 aliphatic carbocycles. The first-order valence-corrected chi connectivity index (χ1v) is 13.7. The van der Waals surface area contributed by atoms with Crippen LogP contribution in [0.1, 0.15) is 24.1 Å². The van der Waals surface area contributed by atoms with Crippen LogP contribution in [0.15, 0.2) is 122 Å². The lowest BCUT2D eigenvalue weighted by Gasteiger charge is -2.18. The summed E-state index contributed by atoms with van der Waals surface area (Å²) in [7, 11) is 0. The molecule has 1 aromatic carbocycles. The Morgan fingerprint density at radius 1 is 0.610 bits per heavy atom. The van der Waals surface area contributed by atoms with Gasteiger partial charge in [-0.2, -0.15) is 0 Å². The van der Waals surface area contributed by atoms with E-state index in [-0.39, 0.29) is 0 Å². The van der Waals surface area contributed by atoms with E-state index in [1.54, 1.807) is 12.4 Å². The second kappa shape index (κ2) is 9.61. The van der Waals surface area contributed by atoms with Gasteiger partial charge in [0.05, 0.1) is 28.1 Å². The smallest absolute Gasteiger partial charge is 0.137 e. The predicted molar refractivity (Wildman–Crippen MR) is 164 cm³/mol. The maximum Gasteiger partial charge on any atom is 0.137 e. The molecule has 194 valence electrons. The molecule has 0 saturated heterocycles. The summed E-state index contributed by atoms with van der Waals surface area (Å²) in [5, 5.41) is 1.07. The van der Waals surface area contributed by atoms with Gasteiger partial charge in [0.25, 0.3) is 0 Å². The van der Waals surface area contributed by atoms with Crippen LogP contribution in [0.4, 0.5) is 0 Å². The molecule has 41 heavy (non-hydrogen) atoms. The van der Waals surface area contributed by atoms with Crippen molar-refractivity contribution in [1.29, 1.82) is 0 Å². The highest BCUT2D eigenvalue weighted by molar-refractivity contribution is 6.07. The average molecular weight is 529 g/mol. The summed E-state index contributed by atoms with van der Waals surface area (Å²) in [6.45, 7) is 0. The fourth-order valence-corrected chi connectivity index (χ4v) is 5.69. The number of nitrogens with zero attached hydrogens (tertiary/aromatic N) is 6. The second-order valence-electron chi connectivity index (χ2n) is 10.2. The lowest BCUT2D eigenvalue weighted by molar-refractivity contribution is 1.06. The molecule has 0 N–H and O–H groups in total. The van der Waals surface area contributed by atoms with Crippen molar-refractivity contribution in [3.8, 4) is 22.5 Å². The molecule has 0 atom stereocenters. The number of hydrogen-bond acceptors (Lipinski definition) is 5. The molecule has 0 amide bonds. The van der Waals surface area contributed by atoms with E-state index in [2.05, 4.69) is 69.1 Å². The van der Waals surface area contributed by atoms with Gasteiger partial charge in [0.1, 0.15) is 11.2 Å². The first-order chi connectivity index (χ1) is 20.3. The summed E-state index contributed by atoms with van der Waals surface area (Å²) in [5.74, 6) is 0. The first-order valence-electron chi connectivity index (χ1n) is 13.7. The van der Waals surface area contributed by atoms with Gasteiger partial charge in [-0.15, -0.1) is 0 Å². The summed E-state index contributed by atoms with van der Waals surface area (Å²) >= 11 is 0. The third kappa shape index (κ3) is 4.08. The van der Waals surface area contributed by atoms with E-state index in [1.807, 2.05) is 54.9 Å². The number of aromatic nitrogens is 6. The van der Waals surface area contributed by atoms with Crippen molar-refractivity contribution in [3.63, 3.8) is 0 Å². The second-order valence-corrected chi connectivity index (χ2v) is 10.2. The molecule has 0 saturated carbocycles. The predicted octanol–water partition coefficient (Wildman–Crippen LogP) is 7.82. The van der Waals surface area contributed by atoms with Gasteiger partial charge in [0.15, 0.2) is 0 Å². The van der Waals surface area contributed by atoms with E-state index in [9.17, 15) is 0 Å². The zero-order valence-electron chi connectivity index (χ0n) is 22.1. The van der Waals surface area contributed by atoms with Crippen molar-refractivity contribution in [2.45, 2.75) is 12.8 Å². The molecule has 6 heteroatoms. The molecule has 8 rings (SSSR count). The Morgan fingerprint density at radius 3 is 2.02 bits per heavy atom. The van der Waals surface area contributed by atoms with Crippen molar-refractivity contribution < 1.29 is 0 Å². The topological polar surface area (TPSA) is 68.9 Å². The van der Waals surface area contributed by atoms with Gasteiger partial charge in [-0.05, 0) is 84.1 Å². The largest absolute Gasteiger partial charge is 0.298 e. The molecule has 6 aromatic heterocycles. The van der Waals surface area contributed by atoms with Crippen LogP contribution in [0, 0.1) is 0 Å². The summed E-state index contributed by atoms with van der Waals surface area (Å²) < 4.78 is 2.16. The van der Waals surface area contributed by atoms with Crippen molar-refractivity contribution in [2.75, 3.05) is 0 Å². The molecule has 6 heterocycles. The highest BCUT2D eigenvalue weighted by atomic mass is 15.0. The normalized spacial score (nSPS) is 13.5. The van der Waals surface area contributed by atoms with Gasteiger partial charge < -0.3 is 0 Å². The van der Waals surface area contributed by atoms with Crippen molar-refractivity contribution in [2.24, 2.45) is 0 Å². The number of imidazole rings is 1. The number of hydrogen-bond donors (Lipinski definition) is 0. The fraction of sp³-hybridized carbons (Fsp3) is 0.0571. The number of para-hydroxylation sites is 1. The Bertz CT molecular complexity index is 2090. The molecular formula is C35H24N6. The number of allylic oxidation sites excluding steroid dienone is 4. The van der Waals surface area contributed by atoms with Gasteiger partial charge in [0, 0.05) is 47.5 Å². The lowest BCUT2D eigenvalue weighted by atomic mass is 9.90. The molecular weight excluding hydrogens is 504 g/mol. The molecule has 6 nitrogen and oxygen atoms in total. The minimum atomic E-state index is 0.874. The Labute approximate surface area is 236 Å². The zero-order chi connectivity index (χ0) is 27.2. The molecule has 0 radical (unpaired) electrons. The SMILES string of the molecule is C1=C(c2cc(-c3cccnc3)nc(-c3cccnc3)c2)CCC(c2nc3ccccc3c3nc4ccccn4c23)=C1. The van der Waals surface area contributed by atoms with Crippen LogP contribution in [0.2, 0.25) is 0 Å². The minimum Gasteiger partial charge on any atom is -0.298 e. The Balaban J connectivity index is 1.27. The highest BCUT2D eigenvalue weighted by Crippen LogP contribution is 2.37. The molecule has 7 aromatic rings. The standard InChI is InChI=1S/C35H24N6/c1-2-10-29-28(9-1)34-35(41-18-4-3-11-32(41)40-34)33(39-29)24-14-12-23(13-15-24)27-19-30(25-7-5-16-36-21-25)38-31(20-27)26-8-6-17-37-22-26/h1-12,14,16-22H,13,15H2. The molecule has 0 unspecified atom stereocenters. The third-order valence-corrected chi connectivity index (χ3v) is 7.71. The van der Waals surface area contributed by atoms with Gasteiger partial charge in [-0.3, -0.25) is 14.4 Å². The summed E-state index contributed by atoms with van der Waals surface area (Å²) in [6.07, 6.45) is 15.6. The quantitative estimate of drug-likeness (QED) is 0.233. The van der Waals surface area contributed by atoms with E-state index in [4.69, 9.17) is 15.0 Å². The van der Waals surface area contributed by atoms with Gasteiger partial charge >= 0.3 is 0 Å². The maximum atomic E-state index is 5.17. The van der Waals surface area contributed by atoms with Crippen LogP contribution in [-0.4, -0.2) is 29.3 Å². The van der Waals surface area contributed by atoms with E-state index in [0.717, 1.165) is 74.2 Å². The van der Waals surface area contributed by atoms with Gasteiger partial charge in [0.2, 0.25) is 0 Å². The van der Waals surface area contributed by atoms with Crippen LogP contribution in [-0.2, 0) is 0 Å². The fourth-order valence-electron chi connectivity index (χ4n) is 5.69. The van der Waals surface area contributed by atoms with Crippen LogP contribution in [0.3, 0.4) is 0 Å². The average Bonchev–Trinajstić information content (AvgIpc) is 3.45. The van der Waals surface area contributed by atoms with E-state index < -0.39 is 0 Å². The van der Waals surface area contributed by atoms with E-state index >= 15 is 0 Å². The van der Waals surface area contributed by atoms with Crippen molar-refractivity contribution in [3.05, 3.63) is 133 Å². The summed E-state index contributed by atoms with van der Waals surface area (Å²) in [5.41, 5.74) is 12.3. The van der Waals surface area contributed by atoms with Crippen LogP contribution in [0.25, 0.3) is 61.2 Å². The van der Waals surface area contributed by atoms with Crippen LogP contribution in [0.5, 0.6) is 0 Å². The maximum absolute atomic E-state index is 5.17. The summed E-state index contributed by atoms with van der Waals surface area (Å²) in [4.78, 5) is 23.8. The van der Waals surface area contributed by atoms with Crippen molar-refractivity contribution in [1.82, 2.24) is 29.3 Å². The summed E-state index contributed by atoms with van der Waals surface area (Å²) in [6, 6.07) is 26.7. The monoisotopic (exact) mass is 528 g/mol. The molecule has 0 fully saturated rings. The van der Waals surface area contributed by atoms with Gasteiger partial charge in [-0.1, -0.05) is 36.4 Å². The number of fused-ring (bicyclic) bond motifs is 5. The molecule has 0 bridgehead atoms. The molecule has 0 aliphatic heterocycles. The molecule has 0 spiro atoms. The Morgan fingerprint density at radius 2 is 1.32 bits per heavy atom. The van der Waals surface area contributed by atoms with Gasteiger partial charge in [-0.25, -0.2) is 15.0 Å². The van der Waals surface area contributed by atoms with E-state index in [1.165, 1.54) is 11.1 Å². The van der Waals surface area contributed by atoms with Crippen LogP contribution < -0.4 is 0 Å². The van der Waals surface area contributed by atoms with Crippen LogP contribution >= 0.6 is 0 Å². The first kappa shape index (κ1) is 23.4. The highest BCUT2D eigenvalue weighted by Gasteiger charge is 2.20. The minimum absolute atomic E-state index is 0.874. The Hall–Kier alpha value is -5.49. The third-order valence-electron chi connectivity index (χ3n) is 7.71. The van der Waals surface area contributed by atoms with Crippen molar-refractivity contribution >= 4 is 38.7 Å². The molecule has 1 aliphatic rings. The number of pyridine rings is 5. The Kier molecular flexibility index (Phi) is 5.48.